The smallest absolute Gasteiger partial charge is 0.142 e. The van der Waals surface area contributed by atoms with Gasteiger partial charge in [-0.05, 0) is 30.3 Å². The summed E-state index contributed by atoms with van der Waals surface area (Å²) in [7, 11) is 3.58. The minimum atomic E-state index is 0.654. The van der Waals surface area contributed by atoms with E-state index >= 15 is 0 Å². The number of nitrogens with zero attached hydrogens (tertiary/aromatic N) is 1. The predicted octanol–water partition coefficient (Wildman–Crippen LogP) is 3.70. The number of nitrogens with two attached hydrogens (primary N) is 1. The van der Waals surface area contributed by atoms with Crippen LogP contribution in [0.3, 0.4) is 0 Å². The number of anilines is 3. The van der Waals surface area contributed by atoms with Crippen LogP contribution in [0.1, 0.15) is 0 Å². The van der Waals surface area contributed by atoms with E-state index < -0.39 is 0 Å². The van der Waals surface area contributed by atoms with Gasteiger partial charge in [0.25, 0.3) is 0 Å². The summed E-state index contributed by atoms with van der Waals surface area (Å²) in [6.07, 6.45) is 0. The molecule has 0 aromatic heterocycles. The van der Waals surface area contributed by atoms with E-state index in [1.54, 1.807) is 19.2 Å². The van der Waals surface area contributed by atoms with Gasteiger partial charge in [0.15, 0.2) is 0 Å². The Morgan fingerprint density at radius 3 is 2.56 bits per heavy atom. The van der Waals surface area contributed by atoms with Gasteiger partial charge in [0.05, 0.1) is 24.2 Å². The van der Waals surface area contributed by atoms with Gasteiger partial charge in [0.2, 0.25) is 0 Å². The number of halogens is 1. The van der Waals surface area contributed by atoms with Crippen LogP contribution in [0.2, 0.25) is 5.02 Å². The molecule has 0 heterocycles. The Morgan fingerprint density at radius 1 is 1.11 bits per heavy atom. The Hall–Kier alpha value is -1.87. The van der Waals surface area contributed by atoms with Gasteiger partial charge < -0.3 is 15.4 Å². The molecule has 0 amide bonds. The summed E-state index contributed by atoms with van der Waals surface area (Å²) in [4.78, 5) is 1.96. The van der Waals surface area contributed by atoms with E-state index in [9.17, 15) is 0 Å². The van der Waals surface area contributed by atoms with Crippen LogP contribution >= 0.6 is 11.6 Å². The topological polar surface area (TPSA) is 38.5 Å². The molecule has 0 radical (unpaired) electrons. The summed E-state index contributed by atoms with van der Waals surface area (Å²) in [6.45, 7) is 0. The number of hydrogen-bond acceptors (Lipinski definition) is 3. The molecule has 0 spiro atoms. The Labute approximate surface area is 112 Å². The second-order valence-corrected chi connectivity index (χ2v) is 4.37. The molecule has 2 aromatic carbocycles. The Balaban J connectivity index is 2.47. The Kier molecular flexibility index (Phi) is 3.63. The van der Waals surface area contributed by atoms with Crippen molar-refractivity contribution < 1.29 is 4.74 Å². The van der Waals surface area contributed by atoms with E-state index in [4.69, 9.17) is 22.1 Å². The van der Waals surface area contributed by atoms with Crippen LogP contribution in [-0.2, 0) is 0 Å². The Bertz CT molecular complexity index is 557. The van der Waals surface area contributed by atoms with Crippen molar-refractivity contribution in [1.29, 1.82) is 0 Å². The molecule has 0 aliphatic rings. The summed E-state index contributed by atoms with van der Waals surface area (Å²) in [5.74, 6) is 0.791. The third-order valence-corrected chi connectivity index (χ3v) is 3.04. The second kappa shape index (κ2) is 5.19. The van der Waals surface area contributed by atoms with Crippen molar-refractivity contribution in [1.82, 2.24) is 0 Å². The average molecular weight is 263 g/mol. The van der Waals surface area contributed by atoms with Gasteiger partial charge in [0.1, 0.15) is 5.75 Å². The zero-order valence-electron chi connectivity index (χ0n) is 10.4. The van der Waals surface area contributed by atoms with Crippen molar-refractivity contribution in [2.45, 2.75) is 0 Å². The lowest BCUT2D eigenvalue weighted by Crippen LogP contribution is -2.12. The first-order valence-corrected chi connectivity index (χ1v) is 5.93. The van der Waals surface area contributed by atoms with Crippen LogP contribution in [-0.4, -0.2) is 14.2 Å². The predicted molar refractivity (Wildman–Crippen MR) is 76.9 cm³/mol. The first-order valence-electron chi connectivity index (χ1n) is 5.55. The van der Waals surface area contributed by atoms with E-state index in [1.807, 2.05) is 42.3 Å². The van der Waals surface area contributed by atoms with E-state index in [0.29, 0.717) is 10.7 Å². The van der Waals surface area contributed by atoms with Gasteiger partial charge in [-0.25, -0.2) is 0 Å². The average Bonchev–Trinajstić information content (AvgIpc) is 2.40. The number of hydrogen-bond donors (Lipinski definition) is 1. The summed E-state index contributed by atoms with van der Waals surface area (Å²) in [5, 5.41) is 0.654. The van der Waals surface area contributed by atoms with Gasteiger partial charge in [-0.2, -0.15) is 0 Å². The summed E-state index contributed by atoms with van der Waals surface area (Å²) < 4.78 is 5.34. The lowest BCUT2D eigenvalue weighted by atomic mass is 10.2. The normalized spacial score (nSPS) is 10.2. The lowest BCUT2D eigenvalue weighted by Gasteiger charge is -2.23. The molecule has 2 rings (SSSR count). The van der Waals surface area contributed by atoms with E-state index in [1.165, 1.54) is 0 Å². The zero-order chi connectivity index (χ0) is 13.1. The number of para-hydroxylation sites is 2. The van der Waals surface area contributed by atoms with E-state index in [-0.39, 0.29) is 0 Å². The van der Waals surface area contributed by atoms with Crippen molar-refractivity contribution in [2.75, 3.05) is 24.8 Å². The maximum Gasteiger partial charge on any atom is 0.142 e. The molecule has 0 atom stereocenters. The molecule has 0 aliphatic carbocycles. The maximum absolute atomic E-state index is 6.01. The van der Waals surface area contributed by atoms with Crippen molar-refractivity contribution >= 4 is 28.7 Å². The first-order chi connectivity index (χ1) is 8.63. The first kappa shape index (κ1) is 12.6. The fourth-order valence-electron chi connectivity index (χ4n) is 1.84. The Morgan fingerprint density at radius 2 is 1.83 bits per heavy atom. The highest BCUT2D eigenvalue weighted by Crippen LogP contribution is 2.36. The minimum Gasteiger partial charge on any atom is -0.495 e. The monoisotopic (exact) mass is 262 g/mol. The quantitative estimate of drug-likeness (QED) is 0.858. The molecule has 0 aliphatic heterocycles. The number of methoxy groups -OCH3 is 1. The standard InChI is InChI=1S/C14H15ClN2O/c1-17(12-5-3-4-6-14(12)18-2)13-9-10(15)7-8-11(13)16/h3-9H,16H2,1-2H3. The van der Waals surface area contributed by atoms with Crippen LogP contribution in [0.15, 0.2) is 42.5 Å². The van der Waals surface area contributed by atoms with Gasteiger partial charge in [0, 0.05) is 12.1 Å². The number of ether oxygens (including phenoxy) is 1. The number of rotatable bonds is 3. The summed E-state index contributed by atoms with van der Waals surface area (Å²) in [6, 6.07) is 13.2. The lowest BCUT2D eigenvalue weighted by molar-refractivity contribution is 0.415. The third-order valence-electron chi connectivity index (χ3n) is 2.80. The van der Waals surface area contributed by atoms with Gasteiger partial charge in [-0.1, -0.05) is 23.7 Å². The fourth-order valence-corrected chi connectivity index (χ4v) is 2.01. The van der Waals surface area contributed by atoms with Crippen LogP contribution in [0.25, 0.3) is 0 Å². The van der Waals surface area contributed by atoms with Crippen LogP contribution in [0.4, 0.5) is 17.1 Å². The molecule has 18 heavy (non-hydrogen) atoms. The van der Waals surface area contributed by atoms with Crippen LogP contribution in [0, 0.1) is 0 Å². The van der Waals surface area contributed by atoms with Gasteiger partial charge >= 0.3 is 0 Å². The molecule has 0 saturated heterocycles. The largest absolute Gasteiger partial charge is 0.495 e. The SMILES string of the molecule is COc1ccccc1N(C)c1cc(Cl)ccc1N. The molecule has 0 fully saturated rings. The molecule has 2 N–H and O–H groups in total. The summed E-state index contributed by atoms with van der Waals surface area (Å²) in [5.41, 5.74) is 8.44. The molecule has 0 unspecified atom stereocenters. The van der Waals surface area contributed by atoms with Crippen LogP contribution < -0.4 is 15.4 Å². The van der Waals surface area contributed by atoms with Gasteiger partial charge in [-0.3, -0.25) is 0 Å². The second-order valence-electron chi connectivity index (χ2n) is 3.93. The highest BCUT2D eigenvalue weighted by Gasteiger charge is 2.12. The number of nitrogen functional groups attached to an aromatic ring is 1. The number of benzene rings is 2. The van der Waals surface area contributed by atoms with E-state index in [0.717, 1.165) is 17.1 Å². The summed E-state index contributed by atoms with van der Waals surface area (Å²) >= 11 is 6.01. The fraction of sp³-hybridized carbons (Fsp3) is 0.143. The maximum atomic E-state index is 6.01. The third kappa shape index (κ3) is 2.36. The van der Waals surface area contributed by atoms with Crippen molar-refractivity contribution in [2.24, 2.45) is 0 Å². The molecule has 94 valence electrons. The molecule has 3 nitrogen and oxygen atoms in total. The molecule has 4 heteroatoms. The highest BCUT2D eigenvalue weighted by atomic mass is 35.5. The molecule has 0 saturated carbocycles. The molecule has 2 aromatic rings. The minimum absolute atomic E-state index is 0.654. The van der Waals surface area contributed by atoms with Crippen LogP contribution in [0.5, 0.6) is 5.75 Å². The van der Waals surface area contributed by atoms with Gasteiger partial charge in [-0.15, -0.1) is 0 Å². The zero-order valence-corrected chi connectivity index (χ0v) is 11.1. The molecular formula is C14H15ClN2O. The van der Waals surface area contributed by atoms with Crippen molar-refractivity contribution in [3.05, 3.63) is 47.5 Å². The molecule has 0 bridgehead atoms. The van der Waals surface area contributed by atoms with Crippen molar-refractivity contribution in [3.8, 4) is 5.75 Å². The highest BCUT2D eigenvalue weighted by molar-refractivity contribution is 6.31. The molecular weight excluding hydrogens is 248 g/mol. The van der Waals surface area contributed by atoms with E-state index in [2.05, 4.69) is 0 Å². The van der Waals surface area contributed by atoms with Crippen molar-refractivity contribution in [3.63, 3.8) is 0 Å².